The van der Waals surface area contributed by atoms with Gasteiger partial charge in [0.1, 0.15) is 0 Å². The molecule has 1 heterocycles. The summed E-state index contributed by atoms with van der Waals surface area (Å²) in [4.78, 5) is 0. The van der Waals surface area contributed by atoms with E-state index in [4.69, 9.17) is 9.47 Å². The van der Waals surface area contributed by atoms with Gasteiger partial charge < -0.3 is 9.47 Å². The Bertz CT molecular complexity index is 599. The molecule has 0 fully saturated rings. The lowest BCUT2D eigenvalue weighted by Gasteiger charge is -2.14. The van der Waals surface area contributed by atoms with Crippen LogP contribution in [0.15, 0.2) is 60.7 Å². The maximum atomic E-state index is 5.74. The molecule has 0 aliphatic carbocycles. The Balaban J connectivity index is 1.46. The molecule has 114 valence electrons. The highest BCUT2D eigenvalue weighted by Gasteiger charge is 2.06. The van der Waals surface area contributed by atoms with Crippen molar-refractivity contribution in [3.8, 4) is 0 Å². The van der Waals surface area contributed by atoms with Gasteiger partial charge >= 0.3 is 0 Å². The van der Waals surface area contributed by atoms with Crippen LogP contribution >= 0.6 is 0 Å². The lowest BCUT2D eigenvalue weighted by Crippen LogP contribution is -2.04. The number of rotatable bonds is 6. The van der Waals surface area contributed by atoms with Crippen molar-refractivity contribution in [1.82, 2.24) is 0 Å². The van der Waals surface area contributed by atoms with Gasteiger partial charge in [-0.3, -0.25) is 0 Å². The van der Waals surface area contributed by atoms with E-state index in [0.29, 0.717) is 6.61 Å². The zero-order chi connectivity index (χ0) is 15.0. The summed E-state index contributed by atoms with van der Waals surface area (Å²) < 4.78 is 11.1. The maximum absolute atomic E-state index is 5.74. The highest BCUT2D eigenvalue weighted by Crippen LogP contribution is 2.21. The molecule has 0 spiro atoms. The summed E-state index contributed by atoms with van der Waals surface area (Å²) in [7, 11) is 0. The molecule has 0 amide bonds. The fourth-order valence-electron chi connectivity index (χ4n) is 2.63. The Hall–Kier alpha value is -1.90. The highest BCUT2D eigenvalue weighted by molar-refractivity contribution is 5.66. The third-order valence-corrected chi connectivity index (χ3v) is 3.93. The number of ether oxygens (including phenoxy) is 2. The van der Waals surface area contributed by atoms with Gasteiger partial charge in [0.2, 0.25) is 0 Å². The lowest BCUT2D eigenvalue weighted by molar-refractivity contribution is 0.124. The first kappa shape index (κ1) is 15.0. The van der Waals surface area contributed by atoms with Crippen LogP contribution in [0.2, 0.25) is 0 Å². The quantitative estimate of drug-likeness (QED) is 0.742. The molecule has 0 bridgehead atoms. The summed E-state index contributed by atoms with van der Waals surface area (Å²) in [5.41, 5.74) is 5.27. The summed E-state index contributed by atoms with van der Waals surface area (Å²) in [6.07, 6.45) is 4.15. The van der Waals surface area contributed by atoms with Gasteiger partial charge in [-0.1, -0.05) is 60.7 Å². The molecule has 0 saturated heterocycles. The first-order valence-corrected chi connectivity index (χ1v) is 7.89. The topological polar surface area (TPSA) is 18.5 Å². The molecule has 0 N–H and O–H groups in total. The summed E-state index contributed by atoms with van der Waals surface area (Å²) >= 11 is 0. The Morgan fingerprint density at radius 3 is 2.45 bits per heavy atom. The SMILES string of the molecule is C1=C(c2ccc(CCOCc3ccccc3)cc2)CCOC1. The van der Waals surface area contributed by atoms with Crippen molar-refractivity contribution in [2.45, 2.75) is 19.4 Å². The van der Waals surface area contributed by atoms with Gasteiger partial charge in [0, 0.05) is 0 Å². The molecule has 3 rings (SSSR count). The molecular weight excluding hydrogens is 272 g/mol. The third kappa shape index (κ3) is 4.30. The molecule has 0 atom stereocenters. The summed E-state index contributed by atoms with van der Waals surface area (Å²) in [6, 6.07) is 19.1. The Kier molecular flexibility index (Phi) is 5.41. The first-order chi connectivity index (χ1) is 10.9. The van der Waals surface area contributed by atoms with Crippen molar-refractivity contribution in [2.24, 2.45) is 0 Å². The maximum Gasteiger partial charge on any atom is 0.0717 e. The molecule has 1 aliphatic heterocycles. The molecule has 2 aromatic carbocycles. The molecular formula is C20H22O2. The zero-order valence-corrected chi connectivity index (χ0v) is 12.8. The van der Waals surface area contributed by atoms with Crippen LogP contribution < -0.4 is 0 Å². The van der Waals surface area contributed by atoms with Crippen LogP contribution in [0.5, 0.6) is 0 Å². The van der Waals surface area contributed by atoms with E-state index in [2.05, 4.69) is 42.5 Å². The highest BCUT2D eigenvalue weighted by atomic mass is 16.5. The minimum Gasteiger partial charge on any atom is -0.377 e. The van der Waals surface area contributed by atoms with E-state index in [1.807, 2.05) is 18.2 Å². The number of hydrogen-bond donors (Lipinski definition) is 0. The van der Waals surface area contributed by atoms with Crippen molar-refractivity contribution >= 4 is 5.57 Å². The number of benzene rings is 2. The van der Waals surface area contributed by atoms with Crippen LogP contribution in [-0.2, 0) is 22.5 Å². The van der Waals surface area contributed by atoms with Crippen molar-refractivity contribution in [3.63, 3.8) is 0 Å². The Labute approximate surface area is 132 Å². The Morgan fingerprint density at radius 2 is 1.73 bits per heavy atom. The normalized spacial score (nSPS) is 14.6. The van der Waals surface area contributed by atoms with E-state index in [1.54, 1.807) is 0 Å². The molecule has 22 heavy (non-hydrogen) atoms. The van der Waals surface area contributed by atoms with Crippen molar-refractivity contribution < 1.29 is 9.47 Å². The van der Waals surface area contributed by atoms with Crippen LogP contribution in [0.3, 0.4) is 0 Å². The van der Waals surface area contributed by atoms with Crippen molar-refractivity contribution in [1.29, 1.82) is 0 Å². The minimum atomic E-state index is 0.686. The molecule has 0 saturated carbocycles. The molecule has 2 aromatic rings. The average molecular weight is 294 g/mol. The zero-order valence-electron chi connectivity index (χ0n) is 12.8. The third-order valence-electron chi connectivity index (χ3n) is 3.93. The fourth-order valence-corrected chi connectivity index (χ4v) is 2.63. The van der Waals surface area contributed by atoms with Crippen LogP contribution in [0.25, 0.3) is 5.57 Å². The lowest BCUT2D eigenvalue weighted by atomic mass is 10.00. The molecule has 1 aliphatic rings. The molecule has 2 heteroatoms. The fraction of sp³-hybridized carbons (Fsp3) is 0.300. The van der Waals surface area contributed by atoms with E-state index in [9.17, 15) is 0 Å². The first-order valence-electron chi connectivity index (χ1n) is 7.89. The molecule has 2 nitrogen and oxygen atoms in total. The van der Waals surface area contributed by atoms with E-state index in [-0.39, 0.29) is 0 Å². The number of hydrogen-bond acceptors (Lipinski definition) is 2. The second-order valence-corrected chi connectivity index (χ2v) is 5.54. The van der Waals surface area contributed by atoms with Crippen LogP contribution in [0.1, 0.15) is 23.1 Å². The average Bonchev–Trinajstić information content (AvgIpc) is 2.61. The van der Waals surface area contributed by atoms with Gasteiger partial charge in [0.25, 0.3) is 0 Å². The predicted molar refractivity (Wildman–Crippen MR) is 89.7 cm³/mol. The minimum absolute atomic E-state index is 0.686. The largest absolute Gasteiger partial charge is 0.377 e. The second-order valence-electron chi connectivity index (χ2n) is 5.54. The monoisotopic (exact) mass is 294 g/mol. The van der Waals surface area contributed by atoms with E-state index >= 15 is 0 Å². The van der Waals surface area contributed by atoms with Crippen LogP contribution in [0.4, 0.5) is 0 Å². The van der Waals surface area contributed by atoms with Gasteiger partial charge in [-0.2, -0.15) is 0 Å². The van der Waals surface area contributed by atoms with Gasteiger partial charge in [-0.15, -0.1) is 0 Å². The smallest absolute Gasteiger partial charge is 0.0717 e. The summed E-state index contributed by atoms with van der Waals surface area (Å²) in [5, 5.41) is 0. The standard InChI is InChI=1S/C20H22O2/c1-2-4-18(5-3-1)16-22-13-10-17-6-8-19(9-7-17)20-11-14-21-15-12-20/h1-9,11H,10,12-16H2. The predicted octanol–water partition coefficient (Wildman–Crippen LogP) is 4.25. The Morgan fingerprint density at radius 1 is 0.909 bits per heavy atom. The molecule has 0 radical (unpaired) electrons. The summed E-state index contributed by atoms with van der Waals surface area (Å²) in [5.74, 6) is 0. The van der Waals surface area contributed by atoms with Crippen LogP contribution in [0, 0.1) is 0 Å². The van der Waals surface area contributed by atoms with E-state index in [1.165, 1.54) is 22.3 Å². The van der Waals surface area contributed by atoms with Crippen molar-refractivity contribution in [3.05, 3.63) is 77.4 Å². The van der Waals surface area contributed by atoms with Gasteiger partial charge in [0.05, 0.1) is 26.4 Å². The van der Waals surface area contributed by atoms with E-state index in [0.717, 1.165) is 32.7 Å². The van der Waals surface area contributed by atoms with Gasteiger partial charge in [-0.25, -0.2) is 0 Å². The van der Waals surface area contributed by atoms with Crippen LogP contribution in [-0.4, -0.2) is 19.8 Å². The summed E-state index contributed by atoms with van der Waals surface area (Å²) in [6.45, 7) is 3.02. The molecule has 0 aromatic heterocycles. The van der Waals surface area contributed by atoms with Crippen molar-refractivity contribution in [2.75, 3.05) is 19.8 Å². The van der Waals surface area contributed by atoms with E-state index < -0.39 is 0 Å². The second kappa shape index (κ2) is 7.92. The van der Waals surface area contributed by atoms with Gasteiger partial charge in [0.15, 0.2) is 0 Å². The molecule has 0 unspecified atom stereocenters. The van der Waals surface area contributed by atoms with Gasteiger partial charge in [-0.05, 0) is 35.1 Å².